The Morgan fingerprint density at radius 3 is 2.86 bits per heavy atom. The number of hydrogen-bond donors (Lipinski definition) is 2. The second-order valence-electron chi connectivity index (χ2n) is 5.93. The summed E-state index contributed by atoms with van der Waals surface area (Å²) >= 11 is 0. The van der Waals surface area contributed by atoms with E-state index in [-0.39, 0.29) is 5.69 Å². The molecule has 0 aromatic carbocycles. The molecular formula is C14H22N6O. The highest BCUT2D eigenvalue weighted by atomic mass is 16.2. The first-order valence-corrected chi connectivity index (χ1v) is 7.57. The molecule has 0 bridgehead atoms. The van der Waals surface area contributed by atoms with E-state index in [1.165, 1.54) is 17.4 Å². The fraction of sp³-hybridized carbons (Fsp3) is 0.643. The Bertz CT molecular complexity index is 655. The van der Waals surface area contributed by atoms with Gasteiger partial charge in [-0.25, -0.2) is 9.89 Å². The maximum Gasteiger partial charge on any atom is 0.364 e. The van der Waals surface area contributed by atoms with Crippen LogP contribution in [0.25, 0.3) is 5.65 Å². The molecule has 1 saturated heterocycles. The normalized spacial score (nSPS) is 16.7. The Kier molecular flexibility index (Phi) is 3.92. The molecule has 2 aromatic rings. The molecule has 2 aromatic heterocycles. The van der Waals surface area contributed by atoms with Gasteiger partial charge in [0.15, 0.2) is 5.65 Å². The zero-order chi connectivity index (χ0) is 14.8. The maximum absolute atomic E-state index is 11.7. The van der Waals surface area contributed by atoms with E-state index < -0.39 is 0 Å². The molecular weight excluding hydrogens is 268 g/mol. The molecule has 0 aliphatic carbocycles. The predicted octanol–water partition coefficient (Wildman–Crippen LogP) is 0.632. The average molecular weight is 290 g/mol. The van der Waals surface area contributed by atoms with Gasteiger partial charge in [0.25, 0.3) is 0 Å². The van der Waals surface area contributed by atoms with Crippen LogP contribution < -0.4 is 15.9 Å². The van der Waals surface area contributed by atoms with E-state index in [2.05, 4.69) is 39.4 Å². The monoisotopic (exact) mass is 290 g/mol. The number of rotatable bonds is 4. The summed E-state index contributed by atoms with van der Waals surface area (Å²) in [6.07, 6.45) is 2.38. The van der Waals surface area contributed by atoms with Crippen LogP contribution in [0.15, 0.2) is 16.9 Å². The lowest BCUT2D eigenvalue weighted by Gasteiger charge is -2.33. The number of nitrogens with one attached hydrogen (secondary N) is 2. The first-order valence-electron chi connectivity index (χ1n) is 7.57. The minimum Gasteiger partial charge on any atom is -0.352 e. The topological polar surface area (TPSA) is 78.3 Å². The van der Waals surface area contributed by atoms with Crippen LogP contribution in [0.2, 0.25) is 0 Å². The lowest BCUT2D eigenvalue weighted by atomic mass is 9.97. The largest absolute Gasteiger partial charge is 0.364 e. The van der Waals surface area contributed by atoms with Crippen molar-refractivity contribution in [3.05, 3.63) is 22.6 Å². The van der Waals surface area contributed by atoms with Gasteiger partial charge in [-0.1, -0.05) is 0 Å². The molecule has 0 unspecified atom stereocenters. The second kappa shape index (κ2) is 5.85. The van der Waals surface area contributed by atoms with E-state index in [1.807, 2.05) is 12.1 Å². The number of aromatic amines is 1. The average Bonchev–Trinajstić information content (AvgIpc) is 2.86. The minimum absolute atomic E-state index is 0.294. The number of piperidine rings is 1. The van der Waals surface area contributed by atoms with Crippen LogP contribution in [-0.2, 0) is 0 Å². The zero-order valence-electron chi connectivity index (χ0n) is 12.5. The van der Waals surface area contributed by atoms with Crippen molar-refractivity contribution in [2.45, 2.75) is 32.7 Å². The molecule has 3 heterocycles. The number of hydrogen-bond acceptors (Lipinski definition) is 5. The molecule has 1 fully saturated rings. The molecule has 0 saturated carbocycles. The van der Waals surface area contributed by atoms with Crippen molar-refractivity contribution in [3.8, 4) is 0 Å². The van der Waals surface area contributed by atoms with Crippen LogP contribution in [-0.4, -0.2) is 45.5 Å². The minimum atomic E-state index is -0.294. The summed E-state index contributed by atoms with van der Waals surface area (Å²) in [5, 5.41) is 14.2. The maximum atomic E-state index is 11.7. The molecule has 2 N–H and O–H groups in total. The van der Waals surface area contributed by atoms with Crippen LogP contribution in [0.4, 0.5) is 5.82 Å². The third kappa shape index (κ3) is 2.92. The van der Waals surface area contributed by atoms with E-state index in [0.29, 0.717) is 17.6 Å². The third-order valence-corrected chi connectivity index (χ3v) is 4.09. The molecule has 7 nitrogen and oxygen atoms in total. The first kappa shape index (κ1) is 14.1. The van der Waals surface area contributed by atoms with Crippen molar-refractivity contribution >= 4 is 11.5 Å². The van der Waals surface area contributed by atoms with Crippen molar-refractivity contribution in [2.75, 3.05) is 24.5 Å². The smallest absolute Gasteiger partial charge is 0.352 e. The van der Waals surface area contributed by atoms with E-state index in [9.17, 15) is 4.79 Å². The van der Waals surface area contributed by atoms with E-state index in [4.69, 9.17) is 0 Å². The zero-order valence-corrected chi connectivity index (χ0v) is 12.5. The second-order valence-corrected chi connectivity index (χ2v) is 5.93. The van der Waals surface area contributed by atoms with Crippen LogP contribution in [0.3, 0.4) is 0 Å². The van der Waals surface area contributed by atoms with Gasteiger partial charge in [0.1, 0.15) is 5.82 Å². The van der Waals surface area contributed by atoms with Crippen molar-refractivity contribution in [2.24, 2.45) is 5.92 Å². The number of nitrogens with zero attached hydrogens (tertiary/aromatic N) is 4. The Labute approximate surface area is 123 Å². The van der Waals surface area contributed by atoms with Crippen molar-refractivity contribution in [1.82, 2.24) is 25.1 Å². The summed E-state index contributed by atoms with van der Waals surface area (Å²) in [5.41, 5.74) is 0.256. The first-order chi connectivity index (χ1) is 10.1. The molecule has 7 heteroatoms. The van der Waals surface area contributed by atoms with Gasteiger partial charge >= 0.3 is 5.69 Å². The molecule has 0 atom stereocenters. The van der Waals surface area contributed by atoms with E-state index in [0.717, 1.165) is 25.5 Å². The van der Waals surface area contributed by atoms with Crippen LogP contribution >= 0.6 is 0 Å². The van der Waals surface area contributed by atoms with Crippen LogP contribution in [0.5, 0.6) is 0 Å². The van der Waals surface area contributed by atoms with Gasteiger partial charge in [0.05, 0.1) is 0 Å². The Morgan fingerprint density at radius 2 is 2.14 bits per heavy atom. The van der Waals surface area contributed by atoms with E-state index in [1.54, 1.807) is 0 Å². The summed E-state index contributed by atoms with van der Waals surface area (Å²) < 4.78 is 1.33. The standard InChI is InChI=1S/C14H22N6O/c1-10(2)19(9-11-5-7-15-8-6-11)13-4-3-12-16-17-14(21)20(12)18-13/h3-4,10-11,15H,5-9H2,1-2H3,(H,17,21). The SMILES string of the molecule is CC(C)N(CC1CCNCC1)c1ccc2n[nH]c(=O)n2n1. The van der Waals surface area contributed by atoms with Crippen molar-refractivity contribution < 1.29 is 0 Å². The number of H-pyrrole nitrogens is 1. The molecule has 1 aliphatic rings. The van der Waals surface area contributed by atoms with Gasteiger partial charge in [0, 0.05) is 12.6 Å². The highest BCUT2D eigenvalue weighted by Gasteiger charge is 2.20. The third-order valence-electron chi connectivity index (χ3n) is 4.09. The van der Waals surface area contributed by atoms with Crippen LogP contribution in [0, 0.1) is 5.92 Å². The molecule has 0 radical (unpaired) electrons. The summed E-state index contributed by atoms with van der Waals surface area (Å²) in [4.78, 5) is 13.9. The fourth-order valence-corrected chi connectivity index (χ4v) is 2.86. The van der Waals surface area contributed by atoms with Gasteiger partial charge in [-0.05, 0) is 57.8 Å². The molecule has 0 amide bonds. The van der Waals surface area contributed by atoms with Crippen LogP contribution in [0.1, 0.15) is 26.7 Å². The summed E-state index contributed by atoms with van der Waals surface area (Å²) in [6, 6.07) is 4.11. The van der Waals surface area contributed by atoms with Gasteiger partial charge in [0.2, 0.25) is 0 Å². The Morgan fingerprint density at radius 1 is 1.38 bits per heavy atom. The summed E-state index contributed by atoms with van der Waals surface area (Å²) in [7, 11) is 0. The Hall–Kier alpha value is -1.89. The van der Waals surface area contributed by atoms with Gasteiger partial charge in [-0.3, -0.25) is 0 Å². The molecule has 0 spiro atoms. The molecule has 114 valence electrons. The van der Waals surface area contributed by atoms with E-state index >= 15 is 0 Å². The highest BCUT2D eigenvalue weighted by Crippen LogP contribution is 2.20. The fourth-order valence-electron chi connectivity index (χ4n) is 2.86. The quantitative estimate of drug-likeness (QED) is 0.863. The van der Waals surface area contributed by atoms with Crippen molar-refractivity contribution in [1.29, 1.82) is 0 Å². The predicted molar refractivity (Wildman–Crippen MR) is 81.7 cm³/mol. The molecule has 3 rings (SSSR count). The highest BCUT2D eigenvalue weighted by molar-refractivity contribution is 5.45. The van der Waals surface area contributed by atoms with Crippen molar-refractivity contribution in [3.63, 3.8) is 0 Å². The van der Waals surface area contributed by atoms with Gasteiger partial charge in [-0.2, -0.15) is 9.61 Å². The lowest BCUT2D eigenvalue weighted by molar-refractivity contribution is 0.366. The van der Waals surface area contributed by atoms with Gasteiger partial charge < -0.3 is 10.2 Å². The summed E-state index contributed by atoms with van der Waals surface area (Å²) in [5.74, 6) is 1.51. The molecule has 21 heavy (non-hydrogen) atoms. The Balaban J connectivity index is 1.87. The number of aromatic nitrogens is 4. The molecule has 1 aliphatic heterocycles. The lowest BCUT2D eigenvalue weighted by Crippen LogP contribution is -2.40. The van der Waals surface area contributed by atoms with Gasteiger partial charge in [-0.15, -0.1) is 5.10 Å². The number of anilines is 1. The number of fused-ring (bicyclic) bond motifs is 1. The summed E-state index contributed by atoms with van der Waals surface area (Å²) in [6.45, 7) is 7.47.